The van der Waals surface area contributed by atoms with E-state index in [4.69, 9.17) is 16.3 Å². The molecule has 112 valence electrons. The van der Waals surface area contributed by atoms with Crippen molar-refractivity contribution in [2.45, 2.75) is 32.4 Å². The van der Waals surface area contributed by atoms with Crippen LogP contribution in [0.1, 0.15) is 32.0 Å². The number of rotatable bonds is 7. The van der Waals surface area contributed by atoms with Crippen LogP contribution in [0.4, 0.5) is 0 Å². The fraction of sp³-hybridized carbons (Fsp3) is 0.375. The van der Waals surface area contributed by atoms with Gasteiger partial charge in [0.05, 0.1) is 17.9 Å². The number of ether oxygens (including phenoxy) is 1. The van der Waals surface area contributed by atoms with Crippen molar-refractivity contribution in [3.63, 3.8) is 0 Å². The lowest BCUT2D eigenvalue weighted by molar-refractivity contribution is 0.168. The van der Waals surface area contributed by atoms with E-state index in [9.17, 15) is 0 Å². The van der Waals surface area contributed by atoms with E-state index < -0.39 is 0 Å². The van der Waals surface area contributed by atoms with Crippen LogP contribution in [0.15, 0.2) is 42.9 Å². The van der Waals surface area contributed by atoms with Crippen molar-refractivity contribution in [2.24, 2.45) is 0 Å². The Kier molecular flexibility index (Phi) is 5.96. The Morgan fingerprint density at radius 1 is 1.33 bits per heavy atom. The van der Waals surface area contributed by atoms with Crippen molar-refractivity contribution in [1.82, 2.24) is 15.3 Å². The molecule has 0 saturated carbocycles. The molecule has 0 aliphatic rings. The third-order valence-corrected chi connectivity index (χ3v) is 3.34. The number of nitrogens with zero attached hydrogens (tertiary/aromatic N) is 2. The predicted molar refractivity (Wildman–Crippen MR) is 84.6 cm³/mol. The van der Waals surface area contributed by atoms with E-state index in [1.807, 2.05) is 31.2 Å². The highest BCUT2D eigenvalue weighted by Crippen LogP contribution is 2.23. The summed E-state index contributed by atoms with van der Waals surface area (Å²) < 4.78 is 5.99. The van der Waals surface area contributed by atoms with Crippen LogP contribution in [-0.4, -0.2) is 22.6 Å². The zero-order valence-electron chi connectivity index (χ0n) is 12.3. The molecule has 0 aliphatic heterocycles. The minimum absolute atomic E-state index is 0.0161. The molecule has 2 atom stereocenters. The lowest BCUT2D eigenvalue weighted by Gasteiger charge is -2.25. The van der Waals surface area contributed by atoms with Gasteiger partial charge in [0.1, 0.15) is 11.9 Å². The van der Waals surface area contributed by atoms with Gasteiger partial charge in [-0.05, 0) is 38.1 Å². The first-order chi connectivity index (χ1) is 10.2. The summed E-state index contributed by atoms with van der Waals surface area (Å²) in [4.78, 5) is 8.52. The van der Waals surface area contributed by atoms with E-state index in [1.165, 1.54) is 0 Å². The largest absolute Gasteiger partial charge is 0.489 e. The van der Waals surface area contributed by atoms with Crippen molar-refractivity contribution < 1.29 is 4.74 Å². The molecule has 0 saturated heterocycles. The van der Waals surface area contributed by atoms with Crippen molar-refractivity contribution in [3.8, 4) is 5.75 Å². The number of halogens is 1. The van der Waals surface area contributed by atoms with Crippen molar-refractivity contribution in [1.29, 1.82) is 0 Å². The fourth-order valence-electron chi connectivity index (χ4n) is 2.11. The Hall–Kier alpha value is -1.65. The number of nitrogens with one attached hydrogen (secondary N) is 1. The molecular formula is C16H20ClN3O. The first-order valence-electron chi connectivity index (χ1n) is 7.12. The standard InChI is InChI=1S/C16H20ClN3O/c1-3-7-20-16(15-11-18-8-9-19-15)12(2)21-14-6-4-5-13(17)10-14/h4-6,8-12,16,20H,3,7H2,1-2H3. The zero-order valence-corrected chi connectivity index (χ0v) is 13.0. The SMILES string of the molecule is CCCNC(c1cnccn1)C(C)Oc1cccc(Cl)c1. The van der Waals surface area contributed by atoms with Gasteiger partial charge in [0.2, 0.25) is 0 Å². The van der Waals surface area contributed by atoms with E-state index >= 15 is 0 Å². The molecule has 4 nitrogen and oxygen atoms in total. The van der Waals surface area contributed by atoms with Gasteiger partial charge in [0.15, 0.2) is 0 Å². The summed E-state index contributed by atoms with van der Waals surface area (Å²) in [5, 5.41) is 4.12. The summed E-state index contributed by atoms with van der Waals surface area (Å²) in [6.45, 7) is 5.04. The Morgan fingerprint density at radius 3 is 2.86 bits per heavy atom. The van der Waals surface area contributed by atoms with Gasteiger partial charge < -0.3 is 10.1 Å². The highest BCUT2D eigenvalue weighted by molar-refractivity contribution is 6.30. The van der Waals surface area contributed by atoms with Crippen LogP contribution < -0.4 is 10.1 Å². The topological polar surface area (TPSA) is 47.0 Å². The Labute approximate surface area is 130 Å². The second-order valence-electron chi connectivity index (χ2n) is 4.84. The van der Waals surface area contributed by atoms with Gasteiger partial charge in [0.25, 0.3) is 0 Å². The summed E-state index contributed by atoms with van der Waals surface area (Å²) in [5.41, 5.74) is 0.875. The highest BCUT2D eigenvalue weighted by atomic mass is 35.5. The van der Waals surface area contributed by atoms with Crippen molar-refractivity contribution in [2.75, 3.05) is 6.54 Å². The molecule has 0 fully saturated rings. The molecule has 1 aromatic carbocycles. The molecule has 2 rings (SSSR count). The number of hydrogen-bond donors (Lipinski definition) is 1. The molecule has 0 radical (unpaired) electrons. The van der Waals surface area contributed by atoms with E-state index in [0.717, 1.165) is 24.4 Å². The maximum Gasteiger partial charge on any atom is 0.121 e. The second kappa shape index (κ2) is 7.96. The zero-order chi connectivity index (χ0) is 15.1. The molecule has 1 heterocycles. The van der Waals surface area contributed by atoms with E-state index in [0.29, 0.717) is 5.02 Å². The molecule has 1 aromatic heterocycles. The van der Waals surface area contributed by atoms with Crippen LogP contribution in [0.25, 0.3) is 0 Å². The number of hydrogen-bond acceptors (Lipinski definition) is 4. The lowest BCUT2D eigenvalue weighted by atomic mass is 10.1. The van der Waals surface area contributed by atoms with E-state index in [-0.39, 0.29) is 12.1 Å². The predicted octanol–water partition coefficient (Wildman–Crippen LogP) is 3.64. The van der Waals surface area contributed by atoms with Gasteiger partial charge in [-0.2, -0.15) is 0 Å². The first-order valence-corrected chi connectivity index (χ1v) is 7.50. The number of aromatic nitrogens is 2. The first kappa shape index (κ1) is 15.7. The highest BCUT2D eigenvalue weighted by Gasteiger charge is 2.21. The Bertz CT molecular complexity index is 550. The normalized spacial score (nSPS) is 13.7. The minimum Gasteiger partial charge on any atom is -0.489 e. The Balaban J connectivity index is 2.12. The van der Waals surface area contributed by atoms with E-state index in [2.05, 4.69) is 22.2 Å². The van der Waals surface area contributed by atoms with Gasteiger partial charge >= 0.3 is 0 Å². The third-order valence-electron chi connectivity index (χ3n) is 3.10. The molecular weight excluding hydrogens is 286 g/mol. The summed E-state index contributed by atoms with van der Waals surface area (Å²) in [5.74, 6) is 0.752. The lowest BCUT2D eigenvalue weighted by Crippen LogP contribution is -2.35. The van der Waals surface area contributed by atoms with E-state index in [1.54, 1.807) is 18.6 Å². The molecule has 0 spiro atoms. The van der Waals surface area contributed by atoms with Gasteiger partial charge in [0, 0.05) is 17.4 Å². The molecule has 5 heteroatoms. The minimum atomic E-state index is -0.0910. The maximum absolute atomic E-state index is 5.99. The summed E-state index contributed by atoms with van der Waals surface area (Å²) >= 11 is 5.99. The third kappa shape index (κ3) is 4.69. The monoisotopic (exact) mass is 305 g/mol. The van der Waals surface area contributed by atoms with Gasteiger partial charge in [-0.25, -0.2) is 0 Å². The van der Waals surface area contributed by atoms with Crippen LogP contribution >= 0.6 is 11.6 Å². The van der Waals surface area contributed by atoms with Crippen molar-refractivity contribution in [3.05, 3.63) is 53.6 Å². The number of benzene rings is 1. The van der Waals surface area contributed by atoms with Crippen LogP contribution in [0.2, 0.25) is 5.02 Å². The van der Waals surface area contributed by atoms with Gasteiger partial charge in [-0.3, -0.25) is 9.97 Å². The fourth-order valence-corrected chi connectivity index (χ4v) is 2.29. The van der Waals surface area contributed by atoms with Gasteiger partial charge in [-0.1, -0.05) is 24.6 Å². The smallest absolute Gasteiger partial charge is 0.121 e. The van der Waals surface area contributed by atoms with Crippen LogP contribution in [0, 0.1) is 0 Å². The second-order valence-corrected chi connectivity index (χ2v) is 5.28. The summed E-state index contributed by atoms with van der Waals surface area (Å²) in [6.07, 6.45) is 6.09. The Morgan fingerprint density at radius 2 is 2.19 bits per heavy atom. The molecule has 21 heavy (non-hydrogen) atoms. The molecule has 2 aromatic rings. The molecule has 0 amide bonds. The molecule has 1 N–H and O–H groups in total. The average molecular weight is 306 g/mol. The quantitative estimate of drug-likeness (QED) is 0.848. The van der Waals surface area contributed by atoms with Crippen molar-refractivity contribution >= 4 is 11.6 Å². The summed E-state index contributed by atoms with van der Waals surface area (Å²) in [7, 11) is 0. The average Bonchev–Trinajstić information content (AvgIpc) is 2.49. The van der Waals surface area contributed by atoms with Gasteiger partial charge in [-0.15, -0.1) is 0 Å². The van der Waals surface area contributed by atoms with Crippen LogP contribution in [0.3, 0.4) is 0 Å². The summed E-state index contributed by atoms with van der Waals surface area (Å²) in [6, 6.07) is 7.40. The molecule has 0 aliphatic carbocycles. The van der Waals surface area contributed by atoms with Crippen LogP contribution in [0.5, 0.6) is 5.75 Å². The maximum atomic E-state index is 5.99. The molecule has 2 unspecified atom stereocenters. The molecule has 0 bridgehead atoms. The van der Waals surface area contributed by atoms with Crippen LogP contribution in [-0.2, 0) is 0 Å².